The topological polar surface area (TPSA) is 64.3 Å². The van der Waals surface area contributed by atoms with Crippen molar-refractivity contribution in [2.45, 2.75) is 6.42 Å². The Morgan fingerprint density at radius 2 is 2.33 bits per heavy atom. The van der Waals surface area contributed by atoms with Crippen LogP contribution in [0.2, 0.25) is 0 Å². The number of ether oxygens (including phenoxy) is 1. The van der Waals surface area contributed by atoms with Crippen LogP contribution >= 0.6 is 22.6 Å². The number of carbonyl (C=O) groups excluding carboxylic acids is 1. The molecule has 0 fully saturated rings. The zero-order valence-electron chi connectivity index (χ0n) is 8.42. The van der Waals surface area contributed by atoms with Crippen molar-refractivity contribution in [1.29, 1.82) is 0 Å². The minimum atomic E-state index is -0.230. The summed E-state index contributed by atoms with van der Waals surface area (Å²) >= 11 is 2.19. The molecular weight excluding hydrogens is 307 g/mol. The Morgan fingerprint density at radius 1 is 1.60 bits per heavy atom. The Hall–Kier alpha value is -0.980. The van der Waals surface area contributed by atoms with E-state index in [1.54, 1.807) is 0 Å². The summed E-state index contributed by atoms with van der Waals surface area (Å²) < 4.78 is 5.61. The summed E-state index contributed by atoms with van der Waals surface area (Å²) in [4.78, 5) is 10.8. The van der Waals surface area contributed by atoms with E-state index in [0.717, 1.165) is 9.26 Å². The number of methoxy groups -OCH3 is 1. The molecule has 1 rings (SSSR count). The molecule has 4 nitrogen and oxygen atoms in total. The summed E-state index contributed by atoms with van der Waals surface area (Å²) in [6.07, 6.45) is 0.335. The number of nitrogen functional groups attached to an aromatic ring is 1. The fraction of sp³-hybridized carbons (Fsp3) is 0.300. The number of halogens is 1. The Morgan fingerprint density at radius 3 is 2.93 bits per heavy atom. The first kappa shape index (κ1) is 12.1. The van der Waals surface area contributed by atoms with Gasteiger partial charge in [-0.2, -0.15) is 0 Å². The molecule has 15 heavy (non-hydrogen) atoms. The van der Waals surface area contributed by atoms with Crippen molar-refractivity contribution in [3.8, 4) is 0 Å². The van der Waals surface area contributed by atoms with Crippen molar-refractivity contribution in [3.63, 3.8) is 0 Å². The Kier molecular flexibility index (Phi) is 4.67. The van der Waals surface area contributed by atoms with Gasteiger partial charge < -0.3 is 15.8 Å². The third-order valence-corrected chi connectivity index (χ3v) is 2.56. The lowest BCUT2D eigenvalue weighted by Crippen LogP contribution is -2.10. The molecule has 0 heterocycles. The van der Waals surface area contributed by atoms with Crippen molar-refractivity contribution in [2.75, 3.05) is 24.7 Å². The summed E-state index contributed by atoms with van der Waals surface area (Å²) in [5.41, 5.74) is 7.32. The van der Waals surface area contributed by atoms with Gasteiger partial charge in [0, 0.05) is 10.1 Å². The molecule has 0 radical (unpaired) electrons. The number of hydrogen-bond acceptors (Lipinski definition) is 4. The second-order valence-corrected chi connectivity index (χ2v) is 4.23. The molecule has 0 unspecified atom stereocenters. The van der Waals surface area contributed by atoms with E-state index in [1.807, 2.05) is 18.2 Å². The summed E-state index contributed by atoms with van der Waals surface area (Å²) in [5.74, 6) is -0.230. The van der Waals surface area contributed by atoms with Gasteiger partial charge in [0.05, 0.1) is 24.9 Å². The summed E-state index contributed by atoms with van der Waals surface area (Å²) in [5, 5.41) is 3.08. The van der Waals surface area contributed by atoms with Crippen molar-refractivity contribution in [3.05, 3.63) is 21.8 Å². The molecule has 1 aromatic rings. The largest absolute Gasteiger partial charge is 0.469 e. The van der Waals surface area contributed by atoms with E-state index in [1.165, 1.54) is 7.11 Å². The lowest BCUT2D eigenvalue weighted by Gasteiger charge is -2.08. The van der Waals surface area contributed by atoms with Crippen LogP contribution in [0.5, 0.6) is 0 Å². The predicted molar refractivity (Wildman–Crippen MR) is 68.7 cm³/mol. The SMILES string of the molecule is COC(=O)CCNc1ccc(I)cc1N. The van der Waals surface area contributed by atoms with Gasteiger partial charge in [-0.05, 0) is 40.8 Å². The Bertz CT molecular complexity index is 355. The van der Waals surface area contributed by atoms with Gasteiger partial charge in [-0.25, -0.2) is 0 Å². The van der Waals surface area contributed by atoms with Gasteiger partial charge in [0.1, 0.15) is 0 Å². The van der Waals surface area contributed by atoms with E-state index >= 15 is 0 Å². The average molecular weight is 320 g/mol. The average Bonchev–Trinajstić information content (AvgIpc) is 2.21. The van der Waals surface area contributed by atoms with E-state index in [2.05, 4.69) is 32.6 Å². The zero-order valence-corrected chi connectivity index (χ0v) is 10.6. The van der Waals surface area contributed by atoms with Crippen LogP contribution in [0.25, 0.3) is 0 Å². The lowest BCUT2D eigenvalue weighted by molar-refractivity contribution is -0.140. The lowest BCUT2D eigenvalue weighted by atomic mass is 10.2. The molecule has 0 bridgehead atoms. The minimum absolute atomic E-state index is 0.230. The summed E-state index contributed by atoms with van der Waals surface area (Å²) in [7, 11) is 1.38. The van der Waals surface area contributed by atoms with Gasteiger partial charge in [0.25, 0.3) is 0 Å². The molecule has 0 aliphatic rings. The maximum Gasteiger partial charge on any atom is 0.307 e. The number of anilines is 2. The fourth-order valence-corrected chi connectivity index (χ4v) is 1.61. The molecule has 82 valence electrons. The fourth-order valence-electron chi connectivity index (χ4n) is 1.10. The molecule has 0 aromatic heterocycles. The molecule has 0 saturated carbocycles. The molecule has 0 spiro atoms. The zero-order chi connectivity index (χ0) is 11.3. The molecule has 0 atom stereocenters. The minimum Gasteiger partial charge on any atom is -0.469 e. The first-order valence-electron chi connectivity index (χ1n) is 4.49. The van der Waals surface area contributed by atoms with Gasteiger partial charge >= 0.3 is 5.97 Å². The highest BCUT2D eigenvalue weighted by Crippen LogP contribution is 2.20. The van der Waals surface area contributed by atoms with Crippen LogP contribution in [0.4, 0.5) is 11.4 Å². The van der Waals surface area contributed by atoms with E-state index in [-0.39, 0.29) is 5.97 Å². The second kappa shape index (κ2) is 5.79. The molecule has 0 saturated heterocycles. The third-order valence-electron chi connectivity index (χ3n) is 1.89. The molecule has 1 aromatic carbocycles. The number of hydrogen-bond donors (Lipinski definition) is 2. The summed E-state index contributed by atoms with van der Waals surface area (Å²) in [6, 6.07) is 5.73. The molecule has 5 heteroatoms. The second-order valence-electron chi connectivity index (χ2n) is 2.98. The molecule has 0 aliphatic carbocycles. The Balaban J connectivity index is 2.47. The van der Waals surface area contributed by atoms with Crippen LogP contribution < -0.4 is 11.1 Å². The number of nitrogens with two attached hydrogens (primary N) is 1. The van der Waals surface area contributed by atoms with Crippen LogP contribution in [0.1, 0.15) is 6.42 Å². The number of benzene rings is 1. The van der Waals surface area contributed by atoms with Crippen LogP contribution in [0.15, 0.2) is 18.2 Å². The van der Waals surface area contributed by atoms with Gasteiger partial charge in [-0.15, -0.1) is 0 Å². The van der Waals surface area contributed by atoms with Crippen molar-refractivity contribution in [1.82, 2.24) is 0 Å². The smallest absolute Gasteiger partial charge is 0.307 e. The van der Waals surface area contributed by atoms with Crippen LogP contribution in [0.3, 0.4) is 0 Å². The summed E-state index contributed by atoms with van der Waals surface area (Å²) in [6.45, 7) is 0.525. The van der Waals surface area contributed by atoms with Crippen molar-refractivity contribution in [2.24, 2.45) is 0 Å². The standard InChI is InChI=1S/C10H13IN2O2/c1-15-10(14)4-5-13-9-3-2-7(11)6-8(9)12/h2-3,6,13H,4-5,12H2,1H3. The van der Waals surface area contributed by atoms with Gasteiger partial charge in [-0.3, -0.25) is 4.79 Å². The highest BCUT2D eigenvalue weighted by atomic mass is 127. The van der Waals surface area contributed by atoms with Crippen LogP contribution in [-0.2, 0) is 9.53 Å². The van der Waals surface area contributed by atoms with Crippen LogP contribution in [0, 0.1) is 3.57 Å². The maximum atomic E-state index is 10.8. The molecule has 0 aliphatic heterocycles. The van der Waals surface area contributed by atoms with E-state index in [0.29, 0.717) is 18.7 Å². The number of rotatable bonds is 4. The number of nitrogens with one attached hydrogen (secondary N) is 1. The molecule has 3 N–H and O–H groups in total. The highest BCUT2D eigenvalue weighted by molar-refractivity contribution is 14.1. The van der Waals surface area contributed by atoms with E-state index in [4.69, 9.17) is 5.73 Å². The van der Waals surface area contributed by atoms with Gasteiger partial charge in [-0.1, -0.05) is 0 Å². The number of carbonyl (C=O) groups is 1. The quantitative estimate of drug-likeness (QED) is 0.505. The predicted octanol–water partition coefficient (Wildman–Crippen LogP) is 1.85. The van der Waals surface area contributed by atoms with Gasteiger partial charge in [0.15, 0.2) is 0 Å². The Labute approximate surface area is 102 Å². The monoisotopic (exact) mass is 320 g/mol. The molecule has 0 amide bonds. The van der Waals surface area contributed by atoms with Crippen molar-refractivity contribution >= 4 is 39.9 Å². The first-order valence-corrected chi connectivity index (χ1v) is 5.57. The maximum absolute atomic E-state index is 10.8. The third kappa shape index (κ3) is 3.94. The highest BCUT2D eigenvalue weighted by Gasteiger charge is 2.01. The van der Waals surface area contributed by atoms with E-state index in [9.17, 15) is 4.79 Å². The van der Waals surface area contributed by atoms with Crippen molar-refractivity contribution < 1.29 is 9.53 Å². The van der Waals surface area contributed by atoms with Crippen LogP contribution in [-0.4, -0.2) is 19.6 Å². The van der Waals surface area contributed by atoms with E-state index < -0.39 is 0 Å². The molecular formula is C10H13IN2O2. The first-order chi connectivity index (χ1) is 7.13. The normalized spacial score (nSPS) is 9.73. The van der Waals surface area contributed by atoms with Gasteiger partial charge in [0.2, 0.25) is 0 Å². The number of esters is 1.